The average Bonchev–Trinajstić information content (AvgIpc) is 3.42. The van der Waals surface area contributed by atoms with Crippen LogP contribution in [0.3, 0.4) is 0 Å². The van der Waals surface area contributed by atoms with Gasteiger partial charge >= 0.3 is 5.97 Å². The Balaban J connectivity index is 1.46. The molecule has 4 aromatic carbocycles. The van der Waals surface area contributed by atoms with Gasteiger partial charge in [-0.3, -0.25) is 4.79 Å². The van der Waals surface area contributed by atoms with Crippen molar-refractivity contribution in [3.8, 4) is 0 Å². The first-order valence-corrected chi connectivity index (χ1v) is 13.5. The number of nitrogens with zero attached hydrogens (tertiary/aromatic N) is 1. The van der Waals surface area contributed by atoms with E-state index < -0.39 is 11.9 Å². The van der Waals surface area contributed by atoms with Crippen LogP contribution in [-0.2, 0) is 16.1 Å². The second-order valence-electron chi connectivity index (χ2n) is 10.5. The number of esters is 1. The molecule has 0 saturated heterocycles. The minimum Gasteiger partial charge on any atom is -0.466 e. The number of nitrogens with one attached hydrogen (secondary N) is 1. The highest BCUT2D eigenvalue weighted by Crippen LogP contribution is 2.49. The van der Waals surface area contributed by atoms with E-state index in [1.807, 2.05) is 43.3 Å². The van der Waals surface area contributed by atoms with Gasteiger partial charge in [0.15, 0.2) is 5.78 Å². The third-order valence-corrected chi connectivity index (χ3v) is 8.38. The number of rotatable bonds is 4. The molecule has 0 fully saturated rings. The number of aromatic nitrogens is 1. The first kappa shape index (κ1) is 24.2. The van der Waals surface area contributed by atoms with E-state index in [9.17, 15) is 9.59 Å². The molecule has 5 aromatic rings. The monoisotopic (exact) mass is 524 g/mol. The Kier molecular flexibility index (Phi) is 5.49. The van der Waals surface area contributed by atoms with Gasteiger partial charge in [0, 0.05) is 45.5 Å². The van der Waals surface area contributed by atoms with E-state index in [0.717, 1.165) is 33.4 Å². The normalized spacial score (nSPS) is 16.4. The van der Waals surface area contributed by atoms with E-state index in [4.69, 9.17) is 4.74 Å². The lowest BCUT2D eigenvalue weighted by atomic mass is 9.78. The molecule has 0 unspecified atom stereocenters. The fraction of sp³-hybridized carbons (Fsp3) is 0.143. The third-order valence-electron chi connectivity index (χ3n) is 8.38. The van der Waals surface area contributed by atoms with Crippen LogP contribution in [0.1, 0.15) is 45.6 Å². The van der Waals surface area contributed by atoms with Crippen molar-refractivity contribution in [2.24, 2.45) is 0 Å². The van der Waals surface area contributed by atoms with Crippen LogP contribution in [-0.4, -0.2) is 23.4 Å². The van der Waals surface area contributed by atoms with E-state index in [-0.39, 0.29) is 5.78 Å². The smallest absolute Gasteiger partial charge is 0.336 e. The first-order chi connectivity index (χ1) is 19.5. The van der Waals surface area contributed by atoms with Gasteiger partial charge in [0.2, 0.25) is 0 Å². The van der Waals surface area contributed by atoms with Crippen LogP contribution in [0.2, 0.25) is 0 Å². The summed E-state index contributed by atoms with van der Waals surface area (Å²) >= 11 is 0. The fourth-order valence-electron chi connectivity index (χ4n) is 6.54. The summed E-state index contributed by atoms with van der Waals surface area (Å²) in [7, 11) is 1.39. The van der Waals surface area contributed by atoms with Gasteiger partial charge in [-0.1, -0.05) is 78.9 Å². The summed E-state index contributed by atoms with van der Waals surface area (Å²) in [4.78, 5) is 27.3. The molecule has 2 heterocycles. The van der Waals surface area contributed by atoms with Crippen molar-refractivity contribution >= 4 is 39.1 Å². The number of allylic oxidation sites excluding steroid dienone is 2. The molecule has 0 amide bonds. The summed E-state index contributed by atoms with van der Waals surface area (Å²) in [6, 6.07) is 30.8. The van der Waals surface area contributed by atoms with E-state index in [1.54, 1.807) is 0 Å². The minimum absolute atomic E-state index is 0.0530. The zero-order valence-electron chi connectivity index (χ0n) is 22.6. The Labute approximate surface area is 232 Å². The molecule has 5 heteroatoms. The maximum Gasteiger partial charge on any atom is 0.336 e. The molecule has 1 aromatic heterocycles. The zero-order valence-corrected chi connectivity index (χ0v) is 22.6. The number of hydrogen-bond acceptors (Lipinski definition) is 4. The van der Waals surface area contributed by atoms with Crippen LogP contribution in [0.15, 0.2) is 108 Å². The molecule has 0 radical (unpaired) electrons. The van der Waals surface area contributed by atoms with Gasteiger partial charge < -0.3 is 14.6 Å². The molecule has 196 valence electrons. The lowest BCUT2D eigenvalue weighted by Crippen LogP contribution is -2.29. The number of benzene rings is 4. The SMILES string of the molecule is COC(=O)C1=C(C)NC2=C(C(=O)c3ccccc32)[C@H]1c1c(C)n(Cc2ccc3ccccc3c2)c2ccccc12. The van der Waals surface area contributed by atoms with Gasteiger partial charge in [0.05, 0.1) is 24.3 Å². The van der Waals surface area contributed by atoms with Gasteiger partial charge in [-0.25, -0.2) is 4.79 Å². The molecule has 0 bridgehead atoms. The van der Waals surface area contributed by atoms with Crippen LogP contribution in [0.25, 0.3) is 27.4 Å². The van der Waals surface area contributed by atoms with Gasteiger partial charge in [-0.2, -0.15) is 0 Å². The van der Waals surface area contributed by atoms with Crippen molar-refractivity contribution in [3.05, 3.63) is 136 Å². The van der Waals surface area contributed by atoms with Crippen LogP contribution in [0, 0.1) is 6.92 Å². The number of hydrogen-bond donors (Lipinski definition) is 1. The summed E-state index contributed by atoms with van der Waals surface area (Å²) in [5, 5.41) is 6.82. The molecular weight excluding hydrogens is 496 g/mol. The second kappa shape index (κ2) is 9.09. The Morgan fingerprint density at radius 1 is 0.875 bits per heavy atom. The van der Waals surface area contributed by atoms with Crippen molar-refractivity contribution < 1.29 is 14.3 Å². The largest absolute Gasteiger partial charge is 0.466 e. The molecule has 7 rings (SSSR count). The lowest BCUT2D eigenvalue weighted by molar-refractivity contribution is -0.136. The Morgan fingerprint density at radius 3 is 2.38 bits per heavy atom. The van der Waals surface area contributed by atoms with Crippen molar-refractivity contribution in [2.75, 3.05) is 7.11 Å². The van der Waals surface area contributed by atoms with Crippen LogP contribution >= 0.6 is 0 Å². The predicted octanol–water partition coefficient (Wildman–Crippen LogP) is 6.89. The van der Waals surface area contributed by atoms with Crippen molar-refractivity contribution in [3.63, 3.8) is 0 Å². The number of carbonyl (C=O) groups is 2. The molecule has 5 nitrogen and oxygen atoms in total. The molecule has 1 aliphatic heterocycles. The van der Waals surface area contributed by atoms with Crippen LogP contribution in [0.4, 0.5) is 0 Å². The maximum atomic E-state index is 14.0. The molecule has 2 aliphatic rings. The Hall–Kier alpha value is -4.90. The molecule has 1 N–H and O–H groups in total. The number of Topliss-reactive ketones (excluding diaryl/α,β-unsaturated/α-hetero) is 1. The number of dihydropyridines is 1. The summed E-state index contributed by atoms with van der Waals surface area (Å²) in [5.74, 6) is -1.05. The average molecular weight is 525 g/mol. The van der Waals surface area contributed by atoms with E-state index in [0.29, 0.717) is 29.0 Å². The maximum absolute atomic E-state index is 14.0. The fourth-order valence-corrected chi connectivity index (χ4v) is 6.54. The lowest BCUT2D eigenvalue weighted by Gasteiger charge is -2.29. The van der Waals surface area contributed by atoms with Gasteiger partial charge in [-0.05, 0) is 47.9 Å². The van der Waals surface area contributed by atoms with Gasteiger partial charge in [0.25, 0.3) is 0 Å². The molecular formula is C35H28N2O3. The number of para-hydroxylation sites is 1. The van der Waals surface area contributed by atoms with Crippen LogP contribution < -0.4 is 5.32 Å². The number of fused-ring (bicyclic) bond motifs is 4. The van der Waals surface area contributed by atoms with E-state index in [1.165, 1.54) is 23.4 Å². The molecule has 0 spiro atoms. The van der Waals surface area contributed by atoms with Gasteiger partial charge in [-0.15, -0.1) is 0 Å². The van der Waals surface area contributed by atoms with E-state index >= 15 is 0 Å². The Bertz CT molecular complexity index is 1960. The minimum atomic E-state index is -0.564. The Morgan fingerprint density at radius 2 is 1.57 bits per heavy atom. The highest BCUT2D eigenvalue weighted by atomic mass is 16.5. The summed E-state index contributed by atoms with van der Waals surface area (Å²) in [5.41, 5.74) is 8.31. The van der Waals surface area contributed by atoms with Crippen molar-refractivity contribution in [2.45, 2.75) is 26.3 Å². The quantitative estimate of drug-likeness (QED) is 0.260. The molecule has 1 aliphatic carbocycles. The molecule has 1 atom stereocenters. The predicted molar refractivity (Wildman–Crippen MR) is 158 cm³/mol. The zero-order chi connectivity index (χ0) is 27.5. The summed E-state index contributed by atoms with van der Waals surface area (Å²) in [6.45, 7) is 4.64. The number of ketones is 1. The highest BCUT2D eigenvalue weighted by Gasteiger charge is 2.44. The molecule has 0 saturated carbocycles. The number of methoxy groups -OCH3 is 1. The van der Waals surface area contributed by atoms with Crippen molar-refractivity contribution in [1.82, 2.24) is 9.88 Å². The number of ether oxygens (including phenoxy) is 1. The van der Waals surface area contributed by atoms with Crippen LogP contribution in [0.5, 0.6) is 0 Å². The molecule has 40 heavy (non-hydrogen) atoms. The standard InChI is InChI=1S/C35H28N2O3/c1-20-29(35(39)40-3)31(32-33(36-20)25-12-6-7-13-26(25)34(32)38)30-21(2)37(28-15-9-8-14-27(28)30)19-22-16-17-23-10-4-5-11-24(23)18-22/h4-18,31,36H,19H2,1-3H3/t31-/m1/s1. The van der Waals surface area contributed by atoms with Crippen molar-refractivity contribution in [1.29, 1.82) is 0 Å². The van der Waals surface area contributed by atoms with Gasteiger partial charge in [0.1, 0.15) is 0 Å². The highest BCUT2D eigenvalue weighted by molar-refractivity contribution is 6.23. The first-order valence-electron chi connectivity index (χ1n) is 13.5. The van der Waals surface area contributed by atoms with E-state index in [2.05, 4.69) is 71.4 Å². The topological polar surface area (TPSA) is 60.3 Å². The second-order valence-corrected chi connectivity index (χ2v) is 10.5. The third kappa shape index (κ3) is 3.47. The summed E-state index contributed by atoms with van der Waals surface area (Å²) in [6.07, 6.45) is 0. The summed E-state index contributed by atoms with van der Waals surface area (Å²) < 4.78 is 7.59. The number of carbonyl (C=O) groups excluding carboxylic acids is 2.